The normalized spacial score (nSPS) is 11.2. The van der Waals surface area contributed by atoms with E-state index in [1.54, 1.807) is 0 Å². The van der Waals surface area contributed by atoms with Gasteiger partial charge in [0.2, 0.25) is 0 Å². The van der Waals surface area contributed by atoms with E-state index in [9.17, 15) is 0 Å². The second-order valence-corrected chi connectivity index (χ2v) is 7.45. The fourth-order valence-electron chi connectivity index (χ4n) is 3.85. The van der Waals surface area contributed by atoms with Crippen molar-refractivity contribution in [3.05, 3.63) is 103 Å². The molecule has 0 atom stereocenters. The minimum atomic E-state index is 0.849. The van der Waals surface area contributed by atoms with Crippen molar-refractivity contribution in [1.82, 2.24) is 4.98 Å². The maximum absolute atomic E-state index is 5.00. The van der Waals surface area contributed by atoms with Gasteiger partial charge in [0.05, 0.1) is 11.2 Å². The molecule has 0 amide bonds. The summed E-state index contributed by atoms with van der Waals surface area (Å²) < 4.78 is 0. The number of para-hydroxylation sites is 1. The minimum absolute atomic E-state index is 0.849. The maximum atomic E-state index is 5.00. The highest BCUT2D eigenvalue weighted by atomic mass is 79.9. The van der Waals surface area contributed by atoms with Crippen molar-refractivity contribution in [2.75, 3.05) is 0 Å². The predicted molar refractivity (Wildman–Crippen MR) is 123 cm³/mol. The van der Waals surface area contributed by atoms with Gasteiger partial charge in [0, 0.05) is 21.7 Å². The van der Waals surface area contributed by atoms with Gasteiger partial charge in [-0.2, -0.15) is 0 Å². The van der Waals surface area contributed by atoms with E-state index in [1.165, 1.54) is 32.8 Å². The Morgan fingerprint density at radius 2 is 1.18 bits per heavy atom. The third-order valence-corrected chi connectivity index (χ3v) is 5.84. The highest BCUT2D eigenvalue weighted by Gasteiger charge is 2.10. The van der Waals surface area contributed by atoms with Gasteiger partial charge in [-0.15, -0.1) is 0 Å². The Bertz CT molecular complexity index is 1290. The molecule has 5 aromatic rings. The lowest BCUT2D eigenvalue weighted by atomic mass is 9.96. The highest BCUT2D eigenvalue weighted by molar-refractivity contribution is 9.08. The van der Waals surface area contributed by atoms with Gasteiger partial charge in [0.1, 0.15) is 0 Å². The molecule has 0 saturated heterocycles. The molecule has 28 heavy (non-hydrogen) atoms. The summed E-state index contributed by atoms with van der Waals surface area (Å²) in [4.78, 5) is 5.00. The van der Waals surface area contributed by atoms with Crippen LogP contribution in [0.5, 0.6) is 0 Å². The Hall–Kier alpha value is -2.97. The van der Waals surface area contributed by atoms with E-state index in [-0.39, 0.29) is 0 Å². The van der Waals surface area contributed by atoms with Crippen LogP contribution in [-0.4, -0.2) is 4.98 Å². The molecule has 0 fully saturated rings. The van der Waals surface area contributed by atoms with E-state index >= 15 is 0 Å². The highest BCUT2D eigenvalue weighted by Crippen LogP contribution is 2.33. The van der Waals surface area contributed by atoms with Gasteiger partial charge in [-0.1, -0.05) is 107 Å². The van der Waals surface area contributed by atoms with Crippen LogP contribution in [0.1, 0.15) is 5.56 Å². The van der Waals surface area contributed by atoms with E-state index in [2.05, 4.69) is 107 Å². The van der Waals surface area contributed by atoms with Crippen molar-refractivity contribution in [2.45, 2.75) is 5.33 Å². The Morgan fingerprint density at radius 3 is 1.96 bits per heavy atom. The molecule has 2 heteroatoms. The Balaban J connectivity index is 1.68. The fourth-order valence-corrected chi connectivity index (χ4v) is 4.34. The van der Waals surface area contributed by atoms with Crippen molar-refractivity contribution in [3.63, 3.8) is 0 Å². The molecule has 1 nitrogen and oxygen atoms in total. The van der Waals surface area contributed by atoms with Gasteiger partial charge in [-0.25, -0.2) is 4.98 Å². The number of hydrogen-bond acceptors (Lipinski definition) is 1. The lowest BCUT2D eigenvalue weighted by molar-refractivity contribution is 1.41. The zero-order valence-corrected chi connectivity index (χ0v) is 16.9. The second kappa shape index (κ2) is 7.21. The number of fused-ring (bicyclic) bond motifs is 3. The first-order chi connectivity index (χ1) is 13.8. The van der Waals surface area contributed by atoms with Gasteiger partial charge in [0.15, 0.2) is 0 Å². The second-order valence-electron chi connectivity index (χ2n) is 6.89. The van der Waals surface area contributed by atoms with E-state index in [0.717, 1.165) is 22.1 Å². The van der Waals surface area contributed by atoms with Crippen molar-refractivity contribution >= 4 is 37.6 Å². The van der Waals surface area contributed by atoms with E-state index in [4.69, 9.17) is 4.98 Å². The molecule has 0 bridgehead atoms. The standard InChI is InChI=1S/C26H18BrN/c27-17-20-7-1-2-8-21(20)18-13-15-19(16-14-18)26-24-11-4-3-9-22(24)23-10-5-6-12-25(23)28-26/h1-16H,17H2. The van der Waals surface area contributed by atoms with E-state index in [0.29, 0.717) is 0 Å². The molecular weight excluding hydrogens is 406 g/mol. The van der Waals surface area contributed by atoms with Gasteiger partial charge in [-0.3, -0.25) is 0 Å². The fraction of sp³-hybridized carbons (Fsp3) is 0.0385. The minimum Gasteiger partial charge on any atom is -0.247 e. The molecular formula is C26H18BrN. The van der Waals surface area contributed by atoms with Crippen LogP contribution < -0.4 is 0 Å². The van der Waals surface area contributed by atoms with E-state index in [1.807, 2.05) is 6.07 Å². The average molecular weight is 424 g/mol. The molecule has 0 aliphatic heterocycles. The summed E-state index contributed by atoms with van der Waals surface area (Å²) in [5, 5.41) is 4.48. The summed E-state index contributed by atoms with van der Waals surface area (Å²) in [6, 6.07) is 34.2. The molecule has 4 aromatic carbocycles. The SMILES string of the molecule is BrCc1ccccc1-c1ccc(-c2nc3ccccc3c3ccccc23)cc1. The number of nitrogens with zero attached hydrogens (tertiary/aromatic N) is 1. The molecule has 0 N–H and O–H groups in total. The van der Waals surface area contributed by atoms with Crippen LogP contribution in [0.3, 0.4) is 0 Å². The summed E-state index contributed by atoms with van der Waals surface area (Å²) in [5.41, 5.74) is 7.00. The number of pyridine rings is 1. The first-order valence-corrected chi connectivity index (χ1v) is 10.5. The zero-order valence-electron chi connectivity index (χ0n) is 15.3. The molecule has 0 unspecified atom stereocenters. The summed E-state index contributed by atoms with van der Waals surface area (Å²) in [6.45, 7) is 0. The smallest absolute Gasteiger partial charge is 0.0788 e. The number of aromatic nitrogens is 1. The molecule has 1 heterocycles. The molecule has 1 aromatic heterocycles. The molecule has 0 radical (unpaired) electrons. The molecule has 5 rings (SSSR count). The molecule has 0 aliphatic carbocycles. The molecule has 0 aliphatic rings. The van der Waals surface area contributed by atoms with Crippen molar-refractivity contribution < 1.29 is 0 Å². The van der Waals surface area contributed by atoms with Crippen LogP contribution in [0.2, 0.25) is 0 Å². The summed E-state index contributed by atoms with van der Waals surface area (Å²) in [6.07, 6.45) is 0. The Morgan fingerprint density at radius 1 is 0.571 bits per heavy atom. The van der Waals surface area contributed by atoms with E-state index < -0.39 is 0 Å². The maximum Gasteiger partial charge on any atom is 0.0788 e. The third-order valence-electron chi connectivity index (χ3n) is 5.24. The number of halogens is 1. The van der Waals surface area contributed by atoms with Gasteiger partial charge < -0.3 is 0 Å². The summed E-state index contributed by atoms with van der Waals surface area (Å²) in [7, 11) is 0. The average Bonchev–Trinajstić information content (AvgIpc) is 2.78. The zero-order chi connectivity index (χ0) is 18.9. The first-order valence-electron chi connectivity index (χ1n) is 9.37. The van der Waals surface area contributed by atoms with Gasteiger partial charge in [0.25, 0.3) is 0 Å². The van der Waals surface area contributed by atoms with Gasteiger partial charge in [-0.05, 0) is 28.1 Å². The predicted octanol–water partition coefficient (Wildman–Crippen LogP) is 7.62. The van der Waals surface area contributed by atoms with Crippen LogP contribution in [0, 0.1) is 0 Å². The first kappa shape index (κ1) is 17.2. The molecule has 0 spiro atoms. The molecule has 0 saturated carbocycles. The topological polar surface area (TPSA) is 12.9 Å². The number of rotatable bonds is 3. The largest absolute Gasteiger partial charge is 0.247 e. The van der Waals surface area contributed by atoms with Gasteiger partial charge >= 0.3 is 0 Å². The number of benzene rings is 4. The lowest BCUT2D eigenvalue weighted by Gasteiger charge is -2.11. The molecule has 134 valence electrons. The van der Waals surface area contributed by atoms with Crippen molar-refractivity contribution in [3.8, 4) is 22.4 Å². The lowest BCUT2D eigenvalue weighted by Crippen LogP contribution is -1.90. The quantitative estimate of drug-likeness (QED) is 0.214. The van der Waals surface area contributed by atoms with Crippen molar-refractivity contribution in [2.24, 2.45) is 0 Å². The Labute approximate surface area is 172 Å². The summed E-state index contributed by atoms with van der Waals surface area (Å²) >= 11 is 3.60. The van der Waals surface area contributed by atoms with Crippen LogP contribution in [0.15, 0.2) is 97.1 Å². The summed E-state index contributed by atoms with van der Waals surface area (Å²) in [5.74, 6) is 0. The number of hydrogen-bond donors (Lipinski definition) is 0. The third kappa shape index (κ3) is 2.90. The number of alkyl halides is 1. The van der Waals surface area contributed by atoms with Crippen LogP contribution in [0.25, 0.3) is 44.1 Å². The van der Waals surface area contributed by atoms with Crippen molar-refractivity contribution in [1.29, 1.82) is 0 Å². The Kier molecular flexibility index (Phi) is 4.42. The van der Waals surface area contributed by atoms with Crippen LogP contribution >= 0.6 is 15.9 Å². The monoisotopic (exact) mass is 423 g/mol. The van der Waals surface area contributed by atoms with Crippen LogP contribution in [0.4, 0.5) is 0 Å². The van der Waals surface area contributed by atoms with Crippen LogP contribution in [-0.2, 0) is 5.33 Å².